The predicted molar refractivity (Wildman–Crippen MR) is 134 cm³/mol. The van der Waals surface area contributed by atoms with Crippen LogP contribution in [0.1, 0.15) is 40.2 Å². The van der Waals surface area contributed by atoms with Gasteiger partial charge in [0.05, 0.1) is 13.2 Å². The van der Waals surface area contributed by atoms with Gasteiger partial charge in [-0.2, -0.15) is 0 Å². The highest BCUT2D eigenvalue weighted by molar-refractivity contribution is 7.10. The molecule has 6 nitrogen and oxygen atoms in total. The Morgan fingerprint density at radius 2 is 1.82 bits per heavy atom. The number of carbonyl (C=O) groups excluding carboxylic acids is 2. The number of methoxy groups -OCH3 is 1. The van der Waals surface area contributed by atoms with Gasteiger partial charge in [-0.25, -0.2) is 0 Å². The second-order valence-electron chi connectivity index (χ2n) is 8.23. The van der Waals surface area contributed by atoms with Crippen molar-refractivity contribution in [3.8, 4) is 11.5 Å². The SMILES string of the molecule is CCCN(CC(=O)N1CCc2sccc2[C@H]1COc1ccccc1)C(=O)c1ccc(OC)cc1. The lowest BCUT2D eigenvalue weighted by molar-refractivity contribution is -0.135. The van der Waals surface area contributed by atoms with Crippen LogP contribution in [0.2, 0.25) is 0 Å². The molecule has 1 atom stereocenters. The van der Waals surface area contributed by atoms with Gasteiger partial charge >= 0.3 is 0 Å². The summed E-state index contributed by atoms with van der Waals surface area (Å²) < 4.78 is 11.3. The first-order valence-corrected chi connectivity index (χ1v) is 12.5. The van der Waals surface area contributed by atoms with E-state index in [1.165, 1.54) is 4.88 Å². The molecule has 1 aliphatic heterocycles. The van der Waals surface area contributed by atoms with E-state index in [4.69, 9.17) is 9.47 Å². The molecule has 0 radical (unpaired) electrons. The number of ether oxygens (including phenoxy) is 2. The minimum atomic E-state index is -0.178. The van der Waals surface area contributed by atoms with E-state index in [2.05, 4.69) is 11.4 Å². The largest absolute Gasteiger partial charge is 0.497 e. The maximum Gasteiger partial charge on any atom is 0.254 e. The summed E-state index contributed by atoms with van der Waals surface area (Å²) in [5, 5.41) is 2.07. The monoisotopic (exact) mass is 478 g/mol. The highest BCUT2D eigenvalue weighted by Gasteiger charge is 2.33. The molecule has 1 aromatic heterocycles. The summed E-state index contributed by atoms with van der Waals surface area (Å²) in [7, 11) is 1.59. The summed E-state index contributed by atoms with van der Waals surface area (Å²) in [6, 6.07) is 18.6. The fraction of sp³-hybridized carbons (Fsp3) is 0.333. The van der Waals surface area contributed by atoms with Crippen molar-refractivity contribution >= 4 is 23.2 Å². The lowest BCUT2D eigenvalue weighted by atomic mass is 10.0. The molecule has 0 aliphatic carbocycles. The van der Waals surface area contributed by atoms with Crippen LogP contribution in [0, 0.1) is 0 Å². The van der Waals surface area contributed by atoms with E-state index in [-0.39, 0.29) is 24.4 Å². The lowest BCUT2D eigenvalue weighted by Gasteiger charge is -2.37. The predicted octanol–water partition coefficient (Wildman–Crippen LogP) is 4.81. The Labute approximate surface area is 204 Å². The van der Waals surface area contributed by atoms with Crippen LogP contribution in [0.5, 0.6) is 11.5 Å². The van der Waals surface area contributed by atoms with E-state index in [9.17, 15) is 9.59 Å². The Morgan fingerprint density at radius 1 is 1.06 bits per heavy atom. The number of hydrogen-bond donors (Lipinski definition) is 0. The van der Waals surface area contributed by atoms with Gasteiger partial charge in [0.1, 0.15) is 24.7 Å². The Bertz CT molecular complexity index is 1100. The molecule has 7 heteroatoms. The fourth-order valence-corrected chi connectivity index (χ4v) is 5.19. The number of amides is 2. The molecule has 2 amide bonds. The molecule has 178 valence electrons. The second-order valence-corrected chi connectivity index (χ2v) is 9.23. The Hall–Kier alpha value is -3.32. The number of para-hydroxylation sites is 1. The van der Waals surface area contributed by atoms with Crippen molar-refractivity contribution < 1.29 is 19.1 Å². The molecule has 2 heterocycles. The third kappa shape index (κ3) is 5.42. The van der Waals surface area contributed by atoms with Gasteiger partial charge in [0.25, 0.3) is 5.91 Å². The Balaban J connectivity index is 1.50. The molecule has 1 aliphatic rings. The van der Waals surface area contributed by atoms with Gasteiger partial charge in [0.15, 0.2) is 0 Å². The van der Waals surface area contributed by atoms with Gasteiger partial charge in [0, 0.05) is 23.5 Å². The maximum atomic E-state index is 13.5. The first kappa shape index (κ1) is 23.8. The number of fused-ring (bicyclic) bond motifs is 1. The molecule has 0 N–H and O–H groups in total. The van der Waals surface area contributed by atoms with Crippen LogP contribution in [0.25, 0.3) is 0 Å². The highest BCUT2D eigenvalue weighted by atomic mass is 32.1. The summed E-state index contributed by atoms with van der Waals surface area (Å²) in [6.45, 7) is 3.55. The maximum absolute atomic E-state index is 13.5. The third-order valence-electron chi connectivity index (χ3n) is 6.01. The van der Waals surface area contributed by atoms with E-state index in [0.29, 0.717) is 31.0 Å². The number of benzene rings is 2. The second kappa shape index (κ2) is 11.2. The van der Waals surface area contributed by atoms with Crippen LogP contribution >= 0.6 is 11.3 Å². The Kier molecular flexibility index (Phi) is 7.85. The van der Waals surface area contributed by atoms with E-state index in [1.54, 1.807) is 47.6 Å². The first-order valence-electron chi connectivity index (χ1n) is 11.6. The summed E-state index contributed by atoms with van der Waals surface area (Å²) in [5.41, 5.74) is 1.69. The van der Waals surface area contributed by atoms with Gasteiger partial charge in [0.2, 0.25) is 5.91 Å². The number of thiophene rings is 1. The molecule has 0 spiro atoms. The zero-order chi connectivity index (χ0) is 23.9. The van der Waals surface area contributed by atoms with E-state index in [0.717, 1.165) is 24.2 Å². The Morgan fingerprint density at radius 3 is 2.53 bits per heavy atom. The summed E-state index contributed by atoms with van der Waals surface area (Å²) >= 11 is 1.72. The first-order chi connectivity index (χ1) is 16.6. The van der Waals surface area contributed by atoms with Crippen molar-refractivity contribution in [3.63, 3.8) is 0 Å². The van der Waals surface area contributed by atoms with E-state index < -0.39 is 0 Å². The third-order valence-corrected chi connectivity index (χ3v) is 7.01. The molecule has 0 unspecified atom stereocenters. The number of carbonyl (C=O) groups is 2. The van der Waals surface area contributed by atoms with Crippen LogP contribution in [0.15, 0.2) is 66.0 Å². The van der Waals surface area contributed by atoms with Crippen LogP contribution in [-0.2, 0) is 11.2 Å². The molecular formula is C27H30N2O4S. The van der Waals surface area contributed by atoms with Crippen molar-refractivity contribution in [1.82, 2.24) is 9.80 Å². The van der Waals surface area contributed by atoms with Gasteiger partial charge in [-0.05, 0) is 66.2 Å². The normalized spacial score (nSPS) is 14.9. The minimum Gasteiger partial charge on any atom is -0.497 e. The van der Waals surface area contributed by atoms with Crippen molar-refractivity contribution in [1.29, 1.82) is 0 Å². The van der Waals surface area contributed by atoms with Crippen LogP contribution in [-0.4, -0.2) is 55.0 Å². The number of nitrogens with zero attached hydrogens (tertiary/aromatic N) is 2. The van der Waals surface area contributed by atoms with Crippen LogP contribution in [0.3, 0.4) is 0 Å². The topological polar surface area (TPSA) is 59.1 Å². The molecule has 3 aromatic rings. The van der Waals surface area contributed by atoms with E-state index in [1.807, 2.05) is 42.2 Å². The van der Waals surface area contributed by atoms with Crippen molar-refractivity contribution in [2.75, 3.05) is 33.4 Å². The molecular weight excluding hydrogens is 448 g/mol. The summed E-state index contributed by atoms with van der Waals surface area (Å²) in [6.07, 6.45) is 1.59. The molecule has 0 bridgehead atoms. The number of rotatable bonds is 9. The quantitative estimate of drug-likeness (QED) is 0.443. The lowest BCUT2D eigenvalue weighted by Crippen LogP contribution is -2.48. The van der Waals surface area contributed by atoms with Gasteiger partial charge < -0.3 is 19.3 Å². The molecule has 2 aromatic carbocycles. The smallest absolute Gasteiger partial charge is 0.254 e. The molecule has 0 saturated heterocycles. The van der Waals surface area contributed by atoms with Crippen LogP contribution in [0.4, 0.5) is 0 Å². The molecule has 34 heavy (non-hydrogen) atoms. The van der Waals surface area contributed by atoms with Gasteiger partial charge in [-0.15, -0.1) is 11.3 Å². The zero-order valence-corrected chi connectivity index (χ0v) is 20.4. The molecule has 4 rings (SSSR count). The van der Waals surface area contributed by atoms with Gasteiger partial charge in [-0.3, -0.25) is 9.59 Å². The van der Waals surface area contributed by atoms with Crippen LogP contribution < -0.4 is 9.47 Å². The van der Waals surface area contributed by atoms with Gasteiger partial charge in [-0.1, -0.05) is 25.1 Å². The zero-order valence-electron chi connectivity index (χ0n) is 19.6. The van der Waals surface area contributed by atoms with Crippen molar-refractivity contribution in [2.45, 2.75) is 25.8 Å². The standard InChI is InChI=1S/C27H30N2O4S/c1-3-15-28(27(31)20-9-11-21(32-2)12-10-20)18-26(30)29-16-13-25-23(14-17-34-25)24(29)19-33-22-7-5-4-6-8-22/h4-12,14,17,24H,3,13,15-16,18-19H2,1-2H3/t24-/m1/s1. The van der Waals surface area contributed by atoms with Crippen molar-refractivity contribution in [2.24, 2.45) is 0 Å². The van der Waals surface area contributed by atoms with Crippen molar-refractivity contribution in [3.05, 3.63) is 82.0 Å². The average molecular weight is 479 g/mol. The molecule has 0 fully saturated rings. The average Bonchev–Trinajstić information content (AvgIpc) is 3.36. The summed E-state index contributed by atoms with van der Waals surface area (Å²) in [4.78, 5) is 31.5. The minimum absolute atomic E-state index is 0.0417. The molecule has 0 saturated carbocycles. The highest BCUT2D eigenvalue weighted by Crippen LogP contribution is 2.34. The fourth-order valence-electron chi connectivity index (χ4n) is 4.26. The summed E-state index contributed by atoms with van der Waals surface area (Å²) in [5.74, 6) is 1.26. The number of hydrogen-bond acceptors (Lipinski definition) is 5. The van der Waals surface area contributed by atoms with E-state index >= 15 is 0 Å².